The molecular weight excluding hydrogens is 234 g/mol. The fourth-order valence-electron chi connectivity index (χ4n) is 1.32. The molecular formula is C12H13N3OS. The van der Waals surface area contributed by atoms with Gasteiger partial charge in [0.1, 0.15) is 5.03 Å². The summed E-state index contributed by atoms with van der Waals surface area (Å²) in [6.07, 6.45) is 6.94. The zero-order chi connectivity index (χ0) is 12.1. The van der Waals surface area contributed by atoms with Crippen molar-refractivity contribution in [2.45, 2.75) is 29.4 Å². The number of aliphatic hydroxyl groups is 1. The van der Waals surface area contributed by atoms with Gasteiger partial charge in [0.05, 0.1) is 18.0 Å². The lowest BCUT2D eigenvalue weighted by Crippen LogP contribution is -1.97. The summed E-state index contributed by atoms with van der Waals surface area (Å²) in [6.45, 7) is 1.93. The van der Waals surface area contributed by atoms with Crippen molar-refractivity contribution in [3.05, 3.63) is 42.6 Å². The molecule has 2 heterocycles. The first-order valence-corrected chi connectivity index (χ1v) is 6.19. The zero-order valence-electron chi connectivity index (χ0n) is 9.45. The van der Waals surface area contributed by atoms with E-state index in [1.165, 1.54) is 11.8 Å². The molecule has 0 bridgehead atoms. The molecule has 1 atom stereocenters. The highest BCUT2D eigenvalue weighted by Crippen LogP contribution is 2.25. The summed E-state index contributed by atoms with van der Waals surface area (Å²) in [5.41, 5.74) is 0.705. The van der Waals surface area contributed by atoms with Crippen molar-refractivity contribution >= 4 is 11.8 Å². The summed E-state index contributed by atoms with van der Waals surface area (Å²) in [7, 11) is 0. The number of aromatic nitrogens is 3. The van der Waals surface area contributed by atoms with Gasteiger partial charge in [0.25, 0.3) is 0 Å². The van der Waals surface area contributed by atoms with E-state index in [0.29, 0.717) is 12.1 Å². The second-order valence-corrected chi connectivity index (χ2v) is 4.58. The molecule has 4 nitrogen and oxygen atoms in total. The van der Waals surface area contributed by atoms with Gasteiger partial charge >= 0.3 is 0 Å². The third-order valence-corrected chi connectivity index (χ3v) is 3.15. The van der Waals surface area contributed by atoms with Crippen LogP contribution in [0.1, 0.15) is 25.1 Å². The summed E-state index contributed by atoms with van der Waals surface area (Å²) in [5, 5.41) is 10.4. The molecule has 0 saturated carbocycles. The smallest absolute Gasteiger partial charge is 0.119 e. The van der Waals surface area contributed by atoms with Crippen LogP contribution in [-0.2, 0) is 0 Å². The number of hydrogen-bond donors (Lipinski definition) is 1. The van der Waals surface area contributed by atoms with Gasteiger partial charge in [-0.15, -0.1) is 0 Å². The van der Waals surface area contributed by atoms with E-state index in [9.17, 15) is 5.11 Å². The standard InChI is InChI=1S/C12H13N3OS/c1-2-11(16)10-4-3-9(7-15-10)17-12-8-13-5-6-14-12/h3-8,11,16H,2H2,1H3. The first-order valence-electron chi connectivity index (χ1n) is 5.37. The zero-order valence-corrected chi connectivity index (χ0v) is 10.3. The van der Waals surface area contributed by atoms with Crippen molar-refractivity contribution in [3.63, 3.8) is 0 Å². The Balaban J connectivity index is 2.08. The van der Waals surface area contributed by atoms with E-state index in [4.69, 9.17) is 0 Å². The van der Waals surface area contributed by atoms with E-state index in [2.05, 4.69) is 15.0 Å². The number of nitrogens with zero attached hydrogens (tertiary/aromatic N) is 3. The lowest BCUT2D eigenvalue weighted by Gasteiger charge is -2.07. The quantitative estimate of drug-likeness (QED) is 0.899. The Morgan fingerprint density at radius 1 is 1.24 bits per heavy atom. The summed E-state index contributed by atoms with van der Waals surface area (Å²) < 4.78 is 0. The van der Waals surface area contributed by atoms with Crippen LogP contribution in [0.15, 0.2) is 46.8 Å². The Morgan fingerprint density at radius 3 is 2.71 bits per heavy atom. The lowest BCUT2D eigenvalue weighted by atomic mass is 10.2. The van der Waals surface area contributed by atoms with Crippen LogP contribution in [0.4, 0.5) is 0 Å². The average molecular weight is 247 g/mol. The van der Waals surface area contributed by atoms with Crippen molar-refractivity contribution in [1.29, 1.82) is 0 Å². The average Bonchev–Trinajstić information content (AvgIpc) is 2.40. The van der Waals surface area contributed by atoms with E-state index >= 15 is 0 Å². The molecule has 0 fully saturated rings. The maximum absolute atomic E-state index is 9.62. The van der Waals surface area contributed by atoms with Crippen molar-refractivity contribution in [2.24, 2.45) is 0 Å². The van der Waals surface area contributed by atoms with Crippen molar-refractivity contribution in [2.75, 3.05) is 0 Å². The molecule has 2 rings (SSSR count). The Kier molecular flexibility index (Phi) is 4.06. The molecule has 0 spiro atoms. The SMILES string of the molecule is CCC(O)c1ccc(Sc2cnccn2)cn1. The molecule has 1 N–H and O–H groups in total. The summed E-state index contributed by atoms with van der Waals surface area (Å²) >= 11 is 1.50. The minimum Gasteiger partial charge on any atom is -0.387 e. The van der Waals surface area contributed by atoms with Gasteiger partial charge in [-0.2, -0.15) is 0 Å². The Bertz CT molecular complexity index is 461. The van der Waals surface area contributed by atoms with E-state index < -0.39 is 6.10 Å². The van der Waals surface area contributed by atoms with Crippen LogP contribution in [0.2, 0.25) is 0 Å². The molecule has 0 amide bonds. The van der Waals surface area contributed by atoms with Crippen LogP contribution >= 0.6 is 11.8 Å². The predicted octanol–water partition coefficient (Wildman–Crippen LogP) is 2.47. The second-order valence-electron chi connectivity index (χ2n) is 3.49. The molecule has 0 aliphatic heterocycles. The molecule has 88 valence electrons. The Morgan fingerprint density at radius 2 is 2.12 bits per heavy atom. The first kappa shape index (κ1) is 12.0. The first-order chi connectivity index (χ1) is 8.29. The van der Waals surface area contributed by atoms with Crippen molar-refractivity contribution in [1.82, 2.24) is 15.0 Å². The maximum atomic E-state index is 9.62. The second kappa shape index (κ2) is 5.75. The fourth-order valence-corrected chi connectivity index (χ4v) is 2.03. The molecule has 0 aliphatic carbocycles. The van der Waals surface area contributed by atoms with Gasteiger partial charge in [0, 0.05) is 23.5 Å². The predicted molar refractivity (Wildman–Crippen MR) is 65.6 cm³/mol. The maximum Gasteiger partial charge on any atom is 0.119 e. The van der Waals surface area contributed by atoms with Gasteiger partial charge in [-0.05, 0) is 18.6 Å². The van der Waals surface area contributed by atoms with Gasteiger partial charge < -0.3 is 5.11 Å². The van der Waals surface area contributed by atoms with E-state index in [1.807, 2.05) is 19.1 Å². The summed E-state index contributed by atoms with van der Waals surface area (Å²) in [5.74, 6) is 0. The number of aliphatic hydroxyl groups excluding tert-OH is 1. The molecule has 5 heteroatoms. The van der Waals surface area contributed by atoms with E-state index in [1.54, 1.807) is 24.8 Å². The summed E-state index contributed by atoms with van der Waals surface area (Å²) in [6, 6.07) is 3.77. The van der Waals surface area contributed by atoms with Crippen LogP contribution in [0.3, 0.4) is 0 Å². The summed E-state index contributed by atoms with van der Waals surface area (Å²) in [4.78, 5) is 13.4. The van der Waals surface area contributed by atoms with Gasteiger partial charge in [-0.3, -0.25) is 9.97 Å². The molecule has 2 aromatic heterocycles. The lowest BCUT2D eigenvalue weighted by molar-refractivity contribution is 0.169. The highest BCUT2D eigenvalue weighted by molar-refractivity contribution is 7.99. The van der Waals surface area contributed by atoms with Crippen LogP contribution in [0.25, 0.3) is 0 Å². The highest BCUT2D eigenvalue weighted by Gasteiger charge is 2.06. The molecule has 0 radical (unpaired) electrons. The van der Waals surface area contributed by atoms with Crippen molar-refractivity contribution in [3.8, 4) is 0 Å². The highest BCUT2D eigenvalue weighted by atomic mass is 32.2. The third-order valence-electron chi connectivity index (χ3n) is 2.25. The topological polar surface area (TPSA) is 58.9 Å². The molecule has 0 aromatic carbocycles. The van der Waals surface area contributed by atoms with Crippen LogP contribution in [0.5, 0.6) is 0 Å². The van der Waals surface area contributed by atoms with Gasteiger partial charge in [0.15, 0.2) is 0 Å². The number of pyridine rings is 1. The molecule has 0 aliphatic rings. The van der Waals surface area contributed by atoms with E-state index in [0.717, 1.165) is 9.92 Å². The molecule has 17 heavy (non-hydrogen) atoms. The normalized spacial score (nSPS) is 12.4. The fraction of sp³-hybridized carbons (Fsp3) is 0.250. The largest absolute Gasteiger partial charge is 0.387 e. The molecule has 1 unspecified atom stereocenters. The molecule has 2 aromatic rings. The number of rotatable bonds is 4. The van der Waals surface area contributed by atoms with Crippen LogP contribution in [-0.4, -0.2) is 20.1 Å². The molecule has 0 saturated heterocycles. The third kappa shape index (κ3) is 3.25. The van der Waals surface area contributed by atoms with Gasteiger partial charge in [0.2, 0.25) is 0 Å². The van der Waals surface area contributed by atoms with Crippen molar-refractivity contribution < 1.29 is 5.11 Å². The van der Waals surface area contributed by atoms with E-state index in [-0.39, 0.29) is 0 Å². The monoisotopic (exact) mass is 247 g/mol. The van der Waals surface area contributed by atoms with Gasteiger partial charge in [-0.25, -0.2) is 4.98 Å². The number of hydrogen-bond acceptors (Lipinski definition) is 5. The Labute approximate surface area is 104 Å². The Hall–Kier alpha value is -1.46. The van der Waals surface area contributed by atoms with Crippen LogP contribution < -0.4 is 0 Å². The minimum atomic E-state index is -0.481. The van der Waals surface area contributed by atoms with Gasteiger partial charge in [-0.1, -0.05) is 18.7 Å². The minimum absolute atomic E-state index is 0.481. The van der Waals surface area contributed by atoms with Crippen LogP contribution in [0, 0.1) is 0 Å².